The molecule has 38 heavy (non-hydrogen) atoms. The van der Waals surface area contributed by atoms with Gasteiger partial charge in [0.05, 0.1) is 47.2 Å². The van der Waals surface area contributed by atoms with Crippen molar-refractivity contribution in [2.75, 3.05) is 27.1 Å². The third-order valence-corrected chi connectivity index (χ3v) is 7.41. The van der Waals surface area contributed by atoms with Gasteiger partial charge in [0.25, 0.3) is 5.56 Å². The number of carbonyl (C=O) groups is 1. The van der Waals surface area contributed by atoms with Gasteiger partial charge in [0.1, 0.15) is 0 Å². The fourth-order valence-corrected chi connectivity index (χ4v) is 5.67. The number of thiazole rings is 1. The van der Waals surface area contributed by atoms with Gasteiger partial charge < -0.3 is 23.7 Å². The molecule has 0 N–H and O–H groups in total. The van der Waals surface area contributed by atoms with E-state index < -0.39 is 12.0 Å². The number of methoxy groups -OCH3 is 1. The maximum absolute atomic E-state index is 13.9. The predicted molar refractivity (Wildman–Crippen MR) is 142 cm³/mol. The first-order valence-electron chi connectivity index (χ1n) is 12.0. The number of allylic oxidation sites excluding steroid dienone is 1. The maximum Gasteiger partial charge on any atom is 0.338 e. The Labute approximate surface area is 227 Å². The molecule has 0 aliphatic carbocycles. The Balaban J connectivity index is 1.72. The standard InChI is InChI=1S/C27H25ClN2O7S/c1-5-34-19-9-15(7-8-18(19)33-4)24-23(26(32)35-6-2)14(3)29-27-30(24)25(31)22(38-27)11-16-10-20-21(12-17(16)28)37-13-36-20/h7-12,24H,5-6,13H2,1-4H3/b22-11+/t24-/m1/s1. The Morgan fingerprint density at radius 3 is 2.66 bits per heavy atom. The summed E-state index contributed by atoms with van der Waals surface area (Å²) in [5.41, 5.74) is 1.67. The summed E-state index contributed by atoms with van der Waals surface area (Å²) in [6, 6.07) is 7.93. The first-order chi connectivity index (χ1) is 18.4. The van der Waals surface area contributed by atoms with Crippen LogP contribution >= 0.6 is 22.9 Å². The number of hydrogen-bond donors (Lipinski definition) is 0. The summed E-state index contributed by atoms with van der Waals surface area (Å²) in [7, 11) is 1.55. The van der Waals surface area contributed by atoms with Crippen molar-refractivity contribution in [1.29, 1.82) is 0 Å². The minimum atomic E-state index is -0.787. The first-order valence-corrected chi connectivity index (χ1v) is 13.1. The minimum Gasteiger partial charge on any atom is -0.493 e. The second-order valence-corrected chi connectivity index (χ2v) is 9.79. The Morgan fingerprint density at radius 1 is 1.18 bits per heavy atom. The molecule has 3 heterocycles. The Morgan fingerprint density at radius 2 is 1.95 bits per heavy atom. The molecule has 0 amide bonds. The van der Waals surface area contributed by atoms with E-state index in [1.807, 2.05) is 6.92 Å². The zero-order valence-corrected chi connectivity index (χ0v) is 22.8. The lowest BCUT2D eigenvalue weighted by Gasteiger charge is -2.25. The van der Waals surface area contributed by atoms with Crippen LogP contribution in [0, 0.1) is 0 Å². The van der Waals surface area contributed by atoms with Crippen LogP contribution < -0.4 is 33.8 Å². The topological polar surface area (TPSA) is 97.6 Å². The largest absolute Gasteiger partial charge is 0.493 e. The van der Waals surface area contributed by atoms with Gasteiger partial charge >= 0.3 is 5.97 Å². The van der Waals surface area contributed by atoms with Crippen molar-refractivity contribution in [3.8, 4) is 23.0 Å². The molecule has 0 radical (unpaired) electrons. The smallest absolute Gasteiger partial charge is 0.338 e. The molecular weight excluding hydrogens is 532 g/mol. The van der Waals surface area contributed by atoms with Crippen LogP contribution in [0.4, 0.5) is 0 Å². The molecule has 5 rings (SSSR count). The van der Waals surface area contributed by atoms with Crippen LogP contribution in [0.5, 0.6) is 23.0 Å². The Bertz CT molecular complexity index is 1640. The van der Waals surface area contributed by atoms with Gasteiger partial charge in [-0.15, -0.1) is 0 Å². The number of nitrogens with zero attached hydrogens (tertiary/aromatic N) is 2. The molecule has 3 aromatic rings. The zero-order valence-electron chi connectivity index (χ0n) is 21.2. The summed E-state index contributed by atoms with van der Waals surface area (Å²) < 4.78 is 29.3. The van der Waals surface area contributed by atoms with Gasteiger partial charge in [-0.3, -0.25) is 9.36 Å². The van der Waals surface area contributed by atoms with Gasteiger partial charge in [-0.1, -0.05) is 29.0 Å². The van der Waals surface area contributed by atoms with E-state index in [1.165, 1.54) is 15.9 Å². The summed E-state index contributed by atoms with van der Waals surface area (Å²) in [5, 5.41) is 0.413. The van der Waals surface area contributed by atoms with E-state index in [0.29, 0.717) is 60.8 Å². The number of hydrogen-bond acceptors (Lipinski definition) is 9. The van der Waals surface area contributed by atoms with E-state index in [1.54, 1.807) is 57.4 Å². The third kappa shape index (κ3) is 4.54. The highest BCUT2D eigenvalue weighted by Crippen LogP contribution is 2.38. The number of rotatable bonds is 7. The van der Waals surface area contributed by atoms with Crippen LogP contribution in [0.25, 0.3) is 6.08 Å². The van der Waals surface area contributed by atoms with E-state index in [0.717, 1.165) is 0 Å². The van der Waals surface area contributed by atoms with Gasteiger partial charge in [-0.2, -0.15) is 0 Å². The molecule has 0 fully saturated rings. The Hall–Kier alpha value is -3.76. The zero-order chi connectivity index (χ0) is 27.0. The highest BCUT2D eigenvalue weighted by Gasteiger charge is 2.34. The summed E-state index contributed by atoms with van der Waals surface area (Å²) in [5.74, 6) is 1.60. The number of benzene rings is 2. The molecule has 2 aliphatic heterocycles. The van der Waals surface area contributed by atoms with Crippen molar-refractivity contribution in [2.24, 2.45) is 4.99 Å². The van der Waals surface area contributed by atoms with Gasteiger partial charge in [-0.05, 0) is 56.2 Å². The summed E-state index contributed by atoms with van der Waals surface area (Å²) >= 11 is 7.68. The molecule has 198 valence electrons. The van der Waals surface area contributed by atoms with Crippen molar-refractivity contribution >= 4 is 35.0 Å². The van der Waals surface area contributed by atoms with E-state index in [9.17, 15) is 9.59 Å². The van der Waals surface area contributed by atoms with Crippen molar-refractivity contribution in [3.05, 3.63) is 77.4 Å². The quantitative estimate of drug-likeness (QED) is 0.410. The molecule has 2 aliphatic rings. The maximum atomic E-state index is 13.9. The number of fused-ring (bicyclic) bond motifs is 2. The van der Waals surface area contributed by atoms with E-state index in [-0.39, 0.29) is 24.5 Å². The van der Waals surface area contributed by atoms with E-state index in [4.69, 9.17) is 35.3 Å². The average molecular weight is 557 g/mol. The van der Waals surface area contributed by atoms with E-state index in [2.05, 4.69) is 4.99 Å². The molecule has 11 heteroatoms. The number of aromatic nitrogens is 1. The lowest BCUT2D eigenvalue weighted by atomic mass is 9.95. The van der Waals surface area contributed by atoms with Gasteiger partial charge in [0.2, 0.25) is 6.79 Å². The number of halogens is 1. The van der Waals surface area contributed by atoms with Crippen LogP contribution in [0.3, 0.4) is 0 Å². The predicted octanol–water partition coefficient (Wildman–Crippen LogP) is 3.59. The molecule has 1 atom stereocenters. The number of ether oxygens (including phenoxy) is 5. The van der Waals surface area contributed by atoms with Crippen molar-refractivity contribution < 1.29 is 28.5 Å². The molecule has 0 spiro atoms. The molecule has 2 aromatic carbocycles. The highest BCUT2D eigenvalue weighted by atomic mass is 35.5. The normalized spacial score (nSPS) is 16.2. The van der Waals surface area contributed by atoms with Crippen LogP contribution in [0.2, 0.25) is 5.02 Å². The highest BCUT2D eigenvalue weighted by molar-refractivity contribution is 7.07. The number of esters is 1. The van der Waals surface area contributed by atoms with Crippen molar-refractivity contribution in [3.63, 3.8) is 0 Å². The average Bonchev–Trinajstić information content (AvgIpc) is 3.47. The van der Waals surface area contributed by atoms with Gasteiger partial charge in [0, 0.05) is 6.07 Å². The third-order valence-electron chi connectivity index (χ3n) is 6.10. The lowest BCUT2D eigenvalue weighted by Crippen LogP contribution is -2.40. The number of carbonyl (C=O) groups excluding carboxylic acids is 1. The molecule has 1 aromatic heterocycles. The molecule has 0 unspecified atom stereocenters. The second-order valence-electron chi connectivity index (χ2n) is 8.37. The minimum absolute atomic E-state index is 0.110. The fourth-order valence-electron chi connectivity index (χ4n) is 4.42. The Kier molecular flexibility index (Phi) is 7.18. The van der Waals surface area contributed by atoms with E-state index >= 15 is 0 Å². The van der Waals surface area contributed by atoms with Crippen molar-refractivity contribution in [2.45, 2.75) is 26.8 Å². The summed E-state index contributed by atoms with van der Waals surface area (Å²) in [4.78, 5) is 32.1. The first kappa shape index (κ1) is 25.9. The summed E-state index contributed by atoms with van der Waals surface area (Å²) in [6.45, 7) is 6.04. The van der Waals surface area contributed by atoms with Crippen LogP contribution in [0.15, 0.2) is 51.4 Å². The molecular formula is C27H25ClN2O7S. The SMILES string of the molecule is CCOC(=O)C1=C(C)N=c2s/c(=C/c3cc4c(cc3Cl)OCO4)c(=O)n2[C@@H]1c1ccc(OC)c(OCC)c1. The van der Waals surface area contributed by atoms with Gasteiger partial charge in [0.15, 0.2) is 27.8 Å². The van der Waals surface area contributed by atoms with Gasteiger partial charge in [-0.25, -0.2) is 9.79 Å². The molecule has 0 saturated heterocycles. The fraction of sp³-hybridized carbons (Fsp3) is 0.296. The second kappa shape index (κ2) is 10.5. The lowest BCUT2D eigenvalue weighted by molar-refractivity contribution is -0.139. The van der Waals surface area contributed by atoms with Crippen LogP contribution in [-0.4, -0.2) is 37.7 Å². The molecule has 9 nitrogen and oxygen atoms in total. The van der Waals surface area contributed by atoms with Crippen molar-refractivity contribution in [1.82, 2.24) is 4.57 Å². The molecule has 0 saturated carbocycles. The van der Waals surface area contributed by atoms with Crippen LogP contribution in [0.1, 0.15) is 37.9 Å². The monoisotopic (exact) mass is 556 g/mol. The van der Waals surface area contributed by atoms with Crippen LogP contribution in [-0.2, 0) is 9.53 Å². The molecule has 0 bridgehead atoms. The summed E-state index contributed by atoms with van der Waals surface area (Å²) in [6.07, 6.45) is 1.69.